The Kier molecular flexibility index (Phi) is 6.83. The summed E-state index contributed by atoms with van der Waals surface area (Å²) in [7, 11) is 0. The second-order valence-corrected chi connectivity index (χ2v) is 5.66. The molecule has 0 spiro atoms. The largest absolute Gasteiger partial charge is 0.481 e. The average molecular weight is 362 g/mol. The predicted molar refractivity (Wildman–Crippen MR) is 97.2 cm³/mol. The normalized spacial score (nSPS) is 11.5. The molecule has 0 aliphatic heterocycles. The number of halogens is 1. The Morgan fingerprint density at radius 1 is 1.08 bits per heavy atom. The Balaban J connectivity index is 2.11. The highest BCUT2D eigenvalue weighted by Crippen LogP contribution is 2.20. The summed E-state index contributed by atoms with van der Waals surface area (Å²) in [6.07, 6.45) is -0.229. The molecule has 0 heterocycles. The van der Waals surface area contributed by atoms with Crippen LogP contribution in [0.1, 0.15) is 30.6 Å². The number of ether oxygens (including phenoxy) is 2. The van der Waals surface area contributed by atoms with Crippen LogP contribution in [0.2, 0.25) is 5.02 Å². The van der Waals surface area contributed by atoms with Gasteiger partial charge >= 0.3 is 5.97 Å². The number of carbonyl (C=O) groups excluding carboxylic acids is 2. The van der Waals surface area contributed by atoms with Crippen LogP contribution in [0.25, 0.3) is 0 Å². The lowest BCUT2D eigenvalue weighted by molar-refractivity contribution is -0.122. The Morgan fingerprint density at radius 3 is 2.40 bits per heavy atom. The predicted octanol–water partition coefficient (Wildman–Crippen LogP) is 4.31. The highest BCUT2D eigenvalue weighted by molar-refractivity contribution is 6.30. The highest BCUT2D eigenvalue weighted by atomic mass is 35.5. The monoisotopic (exact) mass is 361 g/mol. The molecule has 0 fully saturated rings. The summed E-state index contributed by atoms with van der Waals surface area (Å²) in [5.74, 6) is -0.274. The second kappa shape index (κ2) is 9.08. The van der Waals surface area contributed by atoms with E-state index in [0.29, 0.717) is 28.4 Å². The number of esters is 1. The fraction of sp³-hybridized carbons (Fsp3) is 0.263. The Bertz CT molecular complexity index is 730. The van der Waals surface area contributed by atoms with E-state index in [2.05, 4.69) is 5.32 Å². The smallest absolute Gasteiger partial charge is 0.340 e. The van der Waals surface area contributed by atoms with E-state index < -0.39 is 12.1 Å². The van der Waals surface area contributed by atoms with Gasteiger partial charge in [0, 0.05) is 5.02 Å². The summed E-state index contributed by atoms with van der Waals surface area (Å²) in [6.45, 7) is 3.84. The van der Waals surface area contributed by atoms with E-state index in [1.54, 1.807) is 55.5 Å². The molecule has 1 N–H and O–H groups in total. The first-order valence-electron chi connectivity index (χ1n) is 8.04. The standard InChI is InChI=1S/C19H20ClNO4/c1-3-17(25-14-11-9-13(20)10-12-14)18(22)21-16-8-6-5-7-15(16)19(23)24-4-2/h5-12,17H,3-4H2,1-2H3,(H,21,22)/t17-/m1/s1. The molecule has 5 nitrogen and oxygen atoms in total. The van der Waals surface area contributed by atoms with Gasteiger partial charge in [-0.1, -0.05) is 30.7 Å². The van der Waals surface area contributed by atoms with Gasteiger partial charge in [-0.2, -0.15) is 0 Å². The van der Waals surface area contributed by atoms with Crippen LogP contribution in [0, 0.1) is 0 Å². The van der Waals surface area contributed by atoms with Crippen molar-refractivity contribution in [1.29, 1.82) is 0 Å². The van der Waals surface area contributed by atoms with Crippen LogP contribution in [0.3, 0.4) is 0 Å². The third-order valence-corrected chi connectivity index (χ3v) is 3.69. The maximum Gasteiger partial charge on any atom is 0.340 e. The van der Waals surface area contributed by atoms with Gasteiger partial charge in [0.25, 0.3) is 5.91 Å². The van der Waals surface area contributed by atoms with Gasteiger partial charge in [-0.15, -0.1) is 0 Å². The molecule has 0 unspecified atom stereocenters. The molecule has 0 saturated heterocycles. The fourth-order valence-electron chi connectivity index (χ4n) is 2.19. The number of benzene rings is 2. The summed E-state index contributed by atoms with van der Waals surface area (Å²) in [5.41, 5.74) is 0.697. The van der Waals surface area contributed by atoms with E-state index >= 15 is 0 Å². The molecule has 0 bridgehead atoms. The minimum absolute atomic E-state index is 0.262. The molecule has 1 amide bonds. The lowest BCUT2D eigenvalue weighted by Crippen LogP contribution is -2.33. The van der Waals surface area contributed by atoms with Gasteiger partial charge < -0.3 is 14.8 Å². The van der Waals surface area contributed by atoms with Gasteiger partial charge in [0.15, 0.2) is 6.10 Å². The third-order valence-electron chi connectivity index (χ3n) is 3.44. The molecule has 2 rings (SSSR count). The van der Waals surface area contributed by atoms with Crippen molar-refractivity contribution in [2.75, 3.05) is 11.9 Å². The van der Waals surface area contributed by atoms with Crippen molar-refractivity contribution in [3.63, 3.8) is 0 Å². The minimum Gasteiger partial charge on any atom is -0.481 e. The summed E-state index contributed by atoms with van der Waals surface area (Å²) in [6, 6.07) is 13.5. The zero-order valence-electron chi connectivity index (χ0n) is 14.1. The Morgan fingerprint density at radius 2 is 1.76 bits per heavy atom. The molecule has 2 aromatic rings. The number of nitrogens with one attached hydrogen (secondary N) is 1. The molecule has 0 aromatic heterocycles. The molecule has 132 valence electrons. The zero-order valence-corrected chi connectivity index (χ0v) is 14.9. The number of hydrogen-bond acceptors (Lipinski definition) is 4. The topological polar surface area (TPSA) is 64.6 Å². The van der Waals surface area contributed by atoms with Crippen molar-refractivity contribution in [1.82, 2.24) is 0 Å². The number of hydrogen-bond donors (Lipinski definition) is 1. The molecule has 2 aromatic carbocycles. The van der Waals surface area contributed by atoms with Gasteiger partial charge in [-0.3, -0.25) is 4.79 Å². The minimum atomic E-state index is -0.698. The number of rotatable bonds is 7. The second-order valence-electron chi connectivity index (χ2n) is 5.22. The van der Waals surface area contributed by atoms with Gasteiger partial charge in [0.2, 0.25) is 0 Å². The highest BCUT2D eigenvalue weighted by Gasteiger charge is 2.21. The number of para-hydroxylation sites is 1. The first-order valence-corrected chi connectivity index (χ1v) is 8.42. The van der Waals surface area contributed by atoms with E-state index in [0.717, 1.165) is 0 Å². The molecule has 0 aliphatic rings. The van der Waals surface area contributed by atoms with E-state index in [1.165, 1.54) is 0 Å². The van der Waals surface area contributed by atoms with E-state index in [4.69, 9.17) is 21.1 Å². The quantitative estimate of drug-likeness (QED) is 0.746. The molecule has 1 atom stereocenters. The fourth-order valence-corrected chi connectivity index (χ4v) is 2.32. The van der Waals surface area contributed by atoms with E-state index in [-0.39, 0.29) is 12.5 Å². The van der Waals surface area contributed by atoms with E-state index in [1.807, 2.05) is 6.92 Å². The average Bonchev–Trinajstić information content (AvgIpc) is 2.61. The number of amides is 1. The Labute approximate surface area is 151 Å². The van der Waals surface area contributed by atoms with Crippen molar-refractivity contribution in [2.24, 2.45) is 0 Å². The van der Waals surface area contributed by atoms with Crippen LogP contribution < -0.4 is 10.1 Å². The van der Waals surface area contributed by atoms with Gasteiger partial charge in [0.1, 0.15) is 5.75 Å². The van der Waals surface area contributed by atoms with Crippen LogP contribution in [0.5, 0.6) is 5.75 Å². The van der Waals surface area contributed by atoms with Crippen molar-refractivity contribution in [3.05, 3.63) is 59.1 Å². The van der Waals surface area contributed by atoms with Crippen LogP contribution in [-0.2, 0) is 9.53 Å². The van der Waals surface area contributed by atoms with Crippen molar-refractivity contribution < 1.29 is 19.1 Å². The van der Waals surface area contributed by atoms with Gasteiger partial charge in [0.05, 0.1) is 17.9 Å². The van der Waals surface area contributed by atoms with Crippen LogP contribution >= 0.6 is 11.6 Å². The summed E-state index contributed by atoms with van der Waals surface area (Å²) in [5, 5.41) is 3.33. The Hall–Kier alpha value is -2.53. The first kappa shape index (κ1) is 18.8. The van der Waals surface area contributed by atoms with Gasteiger partial charge in [-0.05, 0) is 49.7 Å². The lowest BCUT2D eigenvalue weighted by atomic mass is 10.1. The molecular weight excluding hydrogens is 342 g/mol. The third kappa shape index (κ3) is 5.22. The number of carbonyl (C=O) groups is 2. The first-order chi connectivity index (χ1) is 12.0. The molecule has 6 heteroatoms. The summed E-state index contributed by atoms with van der Waals surface area (Å²) >= 11 is 5.85. The van der Waals surface area contributed by atoms with Crippen molar-refractivity contribution >= 4 is 29.2 Å². The maximum atomic E-state index is 12.5. The zero-order chi connectivity index (χ0) is 18.2. The van der Waals surface area contributed by atoms with E-state index in [9.17, 15) is 9.59 Å². The summed E-state index contributed by atoms with van der Waals surface area (Å²) < 4.78 is 10.7. The number of anilines is 1. The van der Waals surface area contributed by atoms with Crippen LogP contribution in [0.4, 0.5) is 5.69 Å². The summed E-state index contributed by atoms with van der Waals surface area (Å²) in [4.78, 5) is 24.5. The molecule has 25 heavy (non-hydrogen) atoms. The molecule has 0 aliphatic carbocycles. The van der Waals surface area contributed by atoms with Crippen molar-refractivity contribution in [3.8, 4) is 5.75 Å². The maximum absolute atomic E-state index is 12.5. The van der Waals surface area contributed by atoms with Crippen LogP contribution in [-0.4, -0.2) is 24.6 Å². The molecular formula is C19H20ClNO4. The molecule has 0 saturated carbocycles. The SMILES string of the molecule is CCOC(=O)c1ccccc1NC(=O)[C@@H](CC)Oc1ccc(Cl)cc1. The van der Waals surface area contributed by atoms with Gasteiger partial charge in [-0.25, -0.2) is 4.79 Å². The molecule has 0 radical (unpaired) electrons. The van der Waals surface area contributed by atoms with Crippen molar-refractivity contribution in [2.45, 2.75) is 26.4 Å². The van der Waals surface area contributed by atoms with Crippen LogP contribution in [0.15, 0.2) is 48.5 Å². The lowest BCUT2D eigenvalue weighted by Gasteiger charge is -2.18.